The number of amides is 4. The molecule has 1 aliphatic heterocycles. The highest BCUT2D eigenvalue weighted by Gasteiger charge is 2.49. The molecule has 3 N–H and O–H groups in total. The Morgan fingerprint density at radius 3 is 2.47 bits per heavy atom. The van der Waals surface area contributed by atoms with Crippen LogP contribution < -0.4 is 15.4 Å². The van der Waals surface area contributed by atoms with E-state index in [1.807, 2.05) is 0 Å². The second-order valence-electron chi connectivity index (χ2n) is 7.85. The van der Waals surface area contributed by atoms with Crippen molar-refractivity contribution in [3.05, 3.63) is 65.2 Å². The van der Waals surface area contributed by atoms with E-state index in [0.717, 1.165) is 17.0 Å². The number of hydrogen-bond donors (Lipinski definition) is 3. The maximum Gasteiger partial charge on any atom is 0.325 e. The van der Waals surface area contributed by atoms with Gasteiger partial charge in [-0.15, -0.1) is 0 Å². The van der Waals surface area contributed by atoms with Crippen molar-refractivity contribution in [2.75, 3.05) is 20.2 Å². The summed E-state index contributed by atoms with van der Waals surface area (Å²) in [5, 5.41) is 15.5. The molecule has 0 aliphatic carbocycles. The van der Waals surface area contributed by atoms with E-state index >= 15 is 0 Å². The van der Waals surface area contributed by atoms with Crippen molar-refractivity contribution in [2.24, 2.45) is 0 Å². The van der Waals surface area contributed by atoms with Crippen LogP contribution in [0, 0.1) is 11.6 Å². The Kier molecular flexibility index (Phi) is 6.18. The molecule has 2 atom stereocenters. The van der Waals surface area contributed by atoms with Gasteiger partial charge in [0.2, 0.25) is 5.91 Å². The highest BCUT2D eigenvalue weighted by atomic mass is 19.1. The Hall–Kier alpha value is -3.53. The summed E-state index contributed by atoms with van der Waals surface area (Å²) in [6.45, 7) is 1.75. The molecule has 1 heterocycles. The normalized spacial score (nSPS) is 20.0. The molecular formula is C22H23F2N3O5. The van der Waals surface area contributed by atoms with Gasteiger partial charge in [-0.05, 0) is 37.6 Å². The van der Waals surface area contributed by atoms with Crippen molar-refractivity contribution in [3.63, 3.8) is 0 Å². The molecule has 1 saturated heterocycles. The average molecular weight is 447 g/mol. The minimum absolute atomic E-state index is 0.207. The molecule has 2 aromatic rings. The van der Waals surface area contributed by atoms with Gasteiger partial charge < -0.3 is 20.5 Å². The fourth-order valence-corrected chi connectivity index (χ4v) is 3.45. The zero-order chi connectivity index (χ0) is 23.7. The summed E-state index contributed by atoms with van der Waals surface area (Å²) in [5.41, 5.74) is -2.91. The number of imide groups is 1. The Labute approximate surface area is 183 Å². The zero-order valence-corrected chi connectivity index (χ0v) is 17.7. The third kappa shape index (κ3) is 4.40. The third-order valence-corrected chi connectivity index (χ3v) is 5.39. The van der Waals surface area contributed by atoms with Gasteiger partial charge in [-0.2, -0.15) is 0 Å². The van der Waals surface area contributed by atoms with E-state index in [1.54, 1.807) is 24.3 Å². The molecule has 32 heavy (non-hydrogen) atoms. The van der Waals surface area contributed by atoms with Gasteiger partial charge in [0.05, 0.1) is 13.7 Å². The van der Waals surface area contributed by atoms with Crippen LogP contribution in [0.5, 0.6) is 5.75 Å². The molecule has 0 bridgehead atoms. The fourth-order valence-electron chi connectivity index (χ4n) is 3.45. The van der Waals surface area contributed by atoms with E-state index < -0.39 is 53.7 Å². The van der Waals surface area contributed by atoms with E-state index in [0.29, 0.717) is 17.4 Å². The lowest BCUT2D eigenvalue weighted by atomic mass is 9.92. The number of nitrogens with one attached hydrogen (secondary N) is 2. The molecular weight excluding hydrogens is 424 g/mol. The van der Waals surface area contributed by atoms with Gasteiger partial charge in [-0.1, -0.05) is 18.2 Å². The van der Waals surface area contributed by atoms with Crippen LogP contribution in [0.25, 0.3) is 0 Å². The van der Waals surface area contributed by atoms with E-state index in [4.69, 9.17) is 4.74 Å². The minimum atomic E-state index is -1.84. The molecule has 0 aromatic heterocycles. The van der Waals surface area contributed by atoms with Crippen LogP contribution in [0.1, 0.15) is 25.0 Å². The van der Waals surface area contributed by atoms with Crippen LogP contribution in [-0.4, -0.2) is 48.1 Å². The largest absolute Gasteiger partial charge is 0.497 e. The van der Waals surface area contributed by atoms with Gasteiger partial charge in [-0.25, -0.2) is 13.6 Å². The van der Waals surface area contributed by atoms with Crippen molar-refractivity contribution < 1.29 is 33.0 Å². The van der Waals surface area contributed by atoms with E-state index in [1.165, 1.54) is 21.0 Å². The number of aliphatic hydroxyl groups is 1. The van der Waals surface area contributed by atoms with Gasteiger partial charge in [-0.3, -0.25) is 14.5 Å². The topological polar surface area (TPSA) is 108 Å². The molecule has 3 rings (SSSR count). The molecule has 0 spiro atoms. The monoisotopic (exact) mass is 447 g/mol. The Bertz CT molecular complexity index is 1060. The zero-order valence-electron chi connectivity index (χ0n) is 17.7. The quantitative estimate of drug-likeness (QED) is 0.561. The van der Waals surface area contributed by atoms with Crippen LogP contribution in [0.2, 0.25) is 0 Å². The Balaban J connectivity index is 1.67. The predicted octanol–water partition coefficient (Wildman–Crippen LogP) is 1.76. The second kappa shape index (κ2) is 8.54. The molecule has 0 radical (unpaired) electrons. The SMILES string of the molecule is COc1ccc([C@]2(C)NC(=O)N(CC(=O)NC[C@@](C)(O)c3ccc(F)cc3F)C2=O)cc1. The summed E-state index contributed by atoms with van der Waals surface area (Å²) in [7, 11) is 1.50. The first-order valence-electron chi connectivity index (χ1n) is 9.71. The number of rotatable bonds is 7. The lowest BCUT2D eigenvalue weighted by molar-refractivity contribution is -0.135. The number of urea groups is 1. The number of hydrogen-bond acceptors (Lipinski definition) is 5. The number of benzene rings is 2. The molecule has 1 aliphatic rings. The van der Waals surface area contributed by atoms with Crippen molar-refractivity contribution in [1.82, 2.24) is 15.5 Å². The van der Waals surface area contributed by atoms with Gasteiger partial charge in [0.15, 0.2) is 0 Å². The molecule has 10 heteroatoms. The molecule has 8 nitrogen and oxygen atoms in total. The maximum absolute atomic E-state index is 14.0. The highest BCUT2D eigenvalue weighted by Crippen LogP contribution is 2.30. The van der Waals surface area contributed by atoms with Crippen LogP contribution in [0.3, 0.4) is 0 Å². The van der Waals surface area contributed by atoms with Crippen molar-refractivity contribution in [1.29, 1.82) is 0 Å². The van der Waals surface area contributed by atoms with Gasteiger partial charge >= 0.3 is 6.03 Å². The van der Waals surface area contributed by atoms with E-state index in [9.17, 15) is 28.3 Å². The second-order valence-corrected chi connectivity index (χ2v) is 7.85. The first-order chi connectivity index (χ1) is 15.0. The van der Waals surface area contributed by atoms with Crippen molar-refractivity contribution in [2.45, 2.75) is 25.0 Å². The first-order valence-corrected chi connectivity index (χ1v) is 9.71. The average Bonchev–Trinajstić information content (AvgIpc) is 2.96. The van der Waals surface area contributed by atoms with Crippen LogP contribution in [0.15, 0.2) is 42.5 Å². The van der Waals surface area contributed by atoms with Crippen LogP contribution in [0.4, 0.5) is 13.6 Å². The lowest BCUT2D eigenvalue weighted by Gasteiger charge is -2.25. The first kappa shape index (κ1) is 23.1. The summed E-state index contributed by atoms with van der Waals surface area (Å²) >= 11 is 0. The van der Waals surface area contributed by atoms with Crippen LogP contribution in [-0.2, 0) is 20.7 Å². The lowest BCUT2D eigenvalue weighted by Crippen LogP contribution is -2.46. The molecule has 0 saturated carbocycles. The minimum Gasteiger partial charge on any atom is -0.497 e. The molecule has 170 valence electrons. The third-order valence-electron chi connectivity index (χ3n) is 5.39. The molecule has 4 amide bonds. The number of ether oxygens (including phenoxy) is 1. The number of carbonyl (C=O) groups excluding carboxylic acids is 3. The molecule has 2 aromatic carbocycles. The van der Waals surface area contributed by atoms with Gasteiger partial charge in [0, 0.05) is 11.6 Å². The number of carbonyl (C=O) groups is 3. The predicted molar refractivity (Wildman–Crippen MR) is 110 cm³/mol. The smallest absolute Gasteiger partial charge is 0.325 e. The number of methoxy groups -OCH3 is 1. The standard InChI is InChI=1S/C22H23F2N3O5/c1-21(31,16-9-6-14(23)10-17(16)24)12-25-18(28)11-27-19(29)22(2,26-20(27)30)13-4-7-15(32-3)8-5-13/h4-10,31H,11-12H2,1-3H3,(H,25,28)(H,26,30)/t21-,22+/m1/s1. The highest BCUT2D eigenvalue weighted by molar-refractivity contribution is 6.09. The number of halogens is 2. The summed E-state index contributed by atoms with van der Waals surface area (Å²) in [6, 6.07) is 8.50. The van der Waals surface area contributed by atoms with E-state index in [2.05, 4.69) is 10.6 Å². The van der Waals surface area contributed by atoms with Gasteiger partial charge in [0.1, 0.15) is 35.1 Å². The van der Waals surface area contributed by atoms with Crippen LogP contribution >= 0.6 is 0 Å². The molecule has 0 unspecified atom stereocenters. The summed E-state index contributed by atoms with van der Waals surface area (Å²) in [5.74, 6) is -2.55. The van der Waals surface area contributed by atoms with E-state index in [-0.39, 0.29) is 5.56 Å². The van der Waals surface area contributed by atoms with Crippen molar-refractivity contribution in [3.8, 4) is 5.75 Å². The molecule has 1 fully saturated rings. The summed E-state index contributed by atoms with van der Waals surface area (Å²) in [4.78, 5) is 38.4. The van der Waals surface area contributed by atoms with Gasteiger partial charge in [0.25, 0.3) is 5.91 Å². The number of nitrogens with zero attached hydrogens (tertiary/aromatic N) is 1. The Morgan fingerprint density at radius 1 is 1.22 bits per heavy atom. The summed E-state index contributed by atoms with van der Waals surface area (Å²) in [6.07, 6.45) is 0. The maximum atomic E-state index is 14.0. The van der Waals surface area contributed by atoms with Crippen molar-refractivity contribution >= 4 is 17.8 Å². The Morgan fingerprint density at radius 2 is 1.88 bits per heavy atom. The summed E-state index contributed by atoms with van der Waals surface area (Å²) < 4.78 is 32.2. The fraction of sp³-hybridized carbons (Fsp3) is 0.318.